The van der Waals surface area contributed by atoms with Crippen LogP contribution in [-0.2, 0) is 31.0 Å². The van der Waals surface area contributed by atoms with Gasteiger partial charge in [-0.1, -0.05) is 57.2 Å². The number of amides is 5. The number of fused-ring (bicyclic) bond motifs is 5. The third-order valence-corrected chi connectivity index (χ3v) is 10.8. The summed E-state index contributed by atoms with van der Waals surface area (Å²) in [6.45, 7) is 11.1. The van der Waals surface area contributed by atoms with E-state index in [-0.39, 0.29) is 66.9 Å². The molecule has 9 N–H and O–H groups in total. The van der Waals surface area contributed by atoms with E-state index in [1.807, 2.05) is 30.3 Å². The molecule has 0 fully saturated rings. The van der Waals surface area contributed by atoms with Crippen LogP contribution in [0.4, 0.5) is 0 Å². The summed E-state index contributed by atoms with van der Waals surface area (Å²) in [5.74, 6) is -2.86. The van der Waals surface area contributed by atoms with Crippen LogP contribution in [-0.4, -0.2) is 101 Å². The number of phenolic OH excluding ortho intramolecular Hbond substituents is 1. The molecule has 5 rings (SSSR count). The van der Waals surface area contributed by atoms with Gasteiger partial charge in [0.05, 0.1) is 23.0 Å². The first kappa shape index (κ1) is 47.2. The van der Waals surface area contributed by atoms with Crippen molar-refractivity contribution in [2.45, 2.75) is 84.0 Å². The van der Waals surface area contributed by atoms with Crippen molar-refractivity contribution < 1.29 is 33.8 Å². The van der Waals surface area contributed by atoms with Gasteiger partial charge < -0.3 is 47.5 Å². The van der Waals surface area contributed by atoms with E-state index in [4.69, 9.17) is 21.5 Å². The molecular weight excluding hydrogens is 805 g/mol. The molecule has 2 heterocycles. The van der Waals surface area contributed by atoms with Gasteiger partial charge in [0.25, 0.3) is 5.91 Å². The minimum Gasteiger partial charge on any atom is -0.507 e. The Bertz CT molecular complexity index is 2380. The van der Waals surface area contributed by atoms with Crippen LogP contribution in [0.3, 0.4) is 0 Å². The molecule has 17 heteroatoms. The molecule has 0 saturated heterocycles. The molecule has 5 amide bonds. The molecule has 0 spiro atoms. The number of aromatic hydroxyl groups is 1. The van der Waals surface area contributed by atoms with Gasteiger partial charge in [0.2, 0.25) is 23.6 Å². The van der Waals surface area contributed by atoms with Crippen molar-refractivity contribution in [3.63, 3.8) is 0 Å². The maximum absolute atomic E-state index is 14.6. The van der Waals surface area contributed by atoms with Crippen molar-refractivity contribution in [3.05, 3.63) is 94.3 Å². The smallest absolute Gasteiger partial charge is 0.255 e. The Kier molecular flexibility index (Phi) is 15.2. The number of carbonyl (C=O) groups excluding carboxylic acids is 5. The number of nitrogens with zero attached hydrogens (tertiary/aromatic N) is 4. The van der Waals surface area contributed by atoms with Crippen molar-refractivity contribution in [1.82, 2.24) is 36.1 Å². The van der Waals surface area contributed by atoms with Crippen LogP contribution in [0.25, 0.3) is 22.5 Å². The number of nitrogens with one attached hydrogen (secondary N) is 4. The highest BCUT2D eigenvalue weighted by atomic mass is 16.5. The van der Waals surface area contributed by atoms with E-state index in [9.17, 15) is 29.1 Å². The molecule has 4 atom stereocenters. The van der Waals surface area contributed by atoms with Gasteiger partial charge in [0.15, 0.2) is 5.82 Å². The van der Waals surface area contributed by atoms with E-state index in [2.05, 4.69) is 52.0 Å². The fraction of sp³-hybridized carbons (Fsp3) is 0.391. The van der Waals surface area contributed by atoms with E-state index in [1.54, 1.807) is 44.2 Å². The van der Waals surface area contributed by atoms with Crippen LogP contribution in [0.15, 0.2) is 60.7 Å². The summed E-state index contributed by atoms with van der Waals surface area (Å²) >= 11 is 0. The Balaban J connectivity index is 1.53. The Morgan fingerprint density at radius 3 is 2.27 bits per heavy atom. The van der Waals surface area contributed by atoms with E-state index in [0.29, 0.717) is 34.1 Å². The van der Waals surface area contributed by atoms with Gasteiger partial charge in [0, 0.05) is 36.7 Å². The fourth-order valence-electron chi connectivity index (χ4n) is 7.37. The molecule has 63 heavy (non-hydrogen) atoms. The maximum Gasteiger partial charge on any atom is 0.255 e. The van der Waals surface area contributed by atoms with E-state index >= 15 is 0 Å². The molecule has 332 valence electrons. The van der Waals surface area contributed by atoms with Crippen LogP contribution in [0.1, 0.15) is 78.6 Å². The third kappa shape index (κ3) is 11.1. The van der Waals surface area contributed by atoms with Crippen molar-refractivity contribution in [1.29, 1.82) is 5.26 Å². The molecule has 0 unspecified atom stereocenters. The van der Waals surface area contributed by atoms with Crippen LogP contribution >= 0.6 is 0 Å². The monoisotopic (exact) mass is 860 g/mol. The minimum absolute atomic E-state index is 0.00733. The second kappa shape index (κ2) is 20.3. The molecule has 0 radical (unpaired) electrons. The Labute approximate surface area is 367 Å². The first-order valence-corrected chi connectivity index (χ1v) is 20.7. The lowest BCUT2D eigenvalue weighted by Gasteiger charge is -2.32. The highest BCUT2D eigenvalue weighted by Gasteiger charge is 2.36. The van der Waals surface area contributed by atoms with Gasteiger partial charge in [-0.3, -0.25) is 24.0 Å². The molecule has 0 saturated carbocycles. The summed E-state index contributed by atoms with van der Waals surface area (Å²) in [6.07, 6.45) is -0.0449. The van der Waals surface area contributed by atoms with Crippen LogP contribution in [0.2, 0.25) is 0 Å². The summed E-state index contributed by atoms with van der Waals surface area (Å²) in [4.78, 5) is 80.3. The van der Waals surface area contributed by atoms with E-state index in [0.717, 1.165) is 16.0 Å². The number of phenols is 1. The summed E-state index contributed by atoms with van der Waals surface area (Å²) in [7, 11) is 1.39. The normalized spacial score (nSPS) is 16.9. The average molecular weight is 861 g/mol. The lowest BCUT2D eigenvalue weighted by molar-refractivity contribution is -0.141. The Morgan fingerprint density at radius 2 is 1.65 bits per heavy atom. The predicted molar refractivity (Wildman–Crippen MR) is 236 cm³/mol. The Hall–Kier alpha value is -6.90. The SMILES string of the molecule is Cc1nc(-c2ccc(C(C)(C)C)cc2)nc(C)c1C(=O)N[C@@H](CCN)C(=O)N(C)[C@@H]1C(=O)N[C@@H](C)C(=O)N[C@H](C(=O)NCC#N)Cc2ccc(O)c(c2)-c2cc1ccc2OCCN. The van der Waals surface area contributed by atoms with Crippen molar-refractivity contribution in [2.24, 2.45) is 11.5 Å². The maximum atomic E-state index is 14.6. The number of hydrogen-bond donors (Lipinski definition) is 7. The number of benzene rings is 3. The van der Waals surface area contributed by atoms with Crippen molar-refractivity contribution in [2.75, 3.05) is 33.3 Å². The zero-order chi connectivity index (χ0) is 46.2. The second-order valence-corrected chi connectivity index (χ2v) is 16.5. The minimum atomic E-state index is -1.43. The number of nitriles is 1. The lowest BCUT2D eigenvalue weighted by atomic mass is 9.86. The summed E-state index contributed by atoms with van der Waals surface area (Å²) in [5, 5.41) is 30.9. The number of carbonyl (C=O) groups is 5. The van der Waals surface area contributed by atoms with Gasteiger partial charge in [-0.25, -0.2) is 9.97 Å². The van der Waals surface area contributed by atoms with Gasteiger partial charge in [-0.15, -0.1) is 0 Å². The van der Waals surface area contributed by atoms with Crippen LogP contribution in [0.5, 0.6) is 11.5 Å². The second-order valence-electron chi connectivity index (χ2n) is 16.5. The summed E-state index contributed by atoms with van der Waals surface area (Å²) in [6, 6.07) is 14.1. The van der Waals surface area contributed by atoms with E-state index in [1.165, 1.54) is 20.0 Å². The van der Waals surface area contributed by atoms with Gasteiger partial charge in [-0.05, 0) is 80.1 Å². The Morgan fingerprint density at radius 1 is 0.968 bits per heavy atom. The number of ether oxygens (including phenoxy) is 1. The predicted octanol–water partition coefficient (Wildman–Crippen LogP) is 2.60. The molecular formula is C46H56N10O7. The molecule has 1 aromatic heterocycles. The molecule has 4 aromatic rings. The number of aromatic nitrogens is 2. The quantitative estimate of drug-likeness (QED) is 0.101. The lowest BCUT2D eigenvalue weighted by Crippen LogP contribution is -2.56. The first-order valence-electron chi connectivity index (χ1n) is 20.7. The number of aryl methyl sites for hydroxylation is 2. The number of rotatable bonds is 12. The number of likely N-dealkylation sites (N-methyl/N-ethyl adjacent to an activating group) is 1. The van der Waals surface area contributed by atoms with Gasteiger partial charge in [0.1, 0.15) is 48.8 Å². The molecule has 0 aliphatic carbocycles. The average Bonchev–Trinajstić information content (AvgIpc) is 3.24. The van der Waals surface area contributed by atoms with Crippen molar-refractivity contribution in [3.8, 4) is 40.1 Å². The van der Waals surface area contributed by atoms with Crippen LogP contribution in [0, 0.1) is 25.2 Å². The zero-order valence-electron chi connectivity index (χ0n) is 36.7. The molecule has 17 nitrogen and oxygen atoms in total. The topological polar surface area (TPSA) is 268 Å². The largest absolute Gasteiger partial charge is 0.507 e. The van der Waals surface area contributed by atoms with E-state index < -0.39 is 53.7 Å². The molecule has 4 bridgehead atoms. The zero-order valence-corrected chi connectivity index (χ0v) is 36.7. The molecule has 3 aromatic carbocycles. The standard InChI is InChI=1S/C46H56N10O7/c1-25-38(26(2)52-40(51-25)29-9-12-31(13-10-29)46(4,5)6)43(60)54-34(16-17-47)45(62)56(7)39-30-11-15-37(63-21-19-49)33(24-30)32-22-28(8-14-36(32)57)23-35(42(59)50-20-18-48)55-41(58)27(3)53-44(39)61/h8-15,22,24,27,34-35,39,57H,16-17,19-21,23,47,49H2,1-7H3,(H,50,59)(H,53,61)(H,54,60)(H,55,58)/t27-,34-,35-,39-/m0/s1. The first-order chi connectivity index (χ1) is 29.9. The van der Waals surface area contributed by atoms with Crippen molar-refractivity contribution >= 4 is 29.5 Å². The highest BCUT2D eigenvalue weighted by molar-refractivity contribution is 6.00. The highest BCUT2D eigenvalue weighted by Crippen LogP contribution is 2.39. The fourth-order valence-corrected chi connectivity index (χ4v) is 7.37. The number of nitrogens with two attached hydrogens (primary N) is 2. The summed E-state index contributed by atoms with van der Waals surface area (Å²) in [5.41, 5.74) is 16.0. The number of hydrogen-bond acceptors (Lipinski definition) is 12. The van der Waals surface area contributed by atoms with Gasteiger partial charge >= 0.3 is 0 Å². The van der Waals surface area contributed by atoms with Crippen LogP contribution < -0.4 is 37.5 Å². The summed E-state index contributed by atoms with van der Waals surface area (Å²) < 4.78 is 5.98. The molecule has 1 aliphatic heterocycles. The molecule has 1 aliphatic rings. The third-order valence-electron chi connectivity index (χ3n) is 10.8. The van der Waals surface area contributed by atoms with Gasteiger partial charge in [-0.2, -0.15) is 5.26 Å².